The molecule has 3 aromatic carbocycles. The van der Waals surface area contributed by atoms with Gasteiger partial charge in [0.1, 0.15) is 35.2 Å². The van der Waals surface area contributed by atoms with Crippen molar-refractivity contribution in [2.24, 2.45) is 5.73 Å². The van der Waals surface area contributed by atoms with Crippen molar-refractivity contribution >= 4 is 20.4 Å². The van der Waals surface area contributed by atoms with Crippen molar-refractivity contribution in [3.05, 3.63) is 118 Å². The van der Waals surface area contributed by atoms with E-state index in [2.05, 4.69) is 48.7 Å². The number of aromatic nitrogens is 2. The van der Waals surface area contributed by atoms with Crippen LogP contribution in [0.5, 0.6) is 11.5 Å². The highest BCUT2D eigenvalue weighted by Crippen LogP contribution is 2.50. The lowest BCUT2D eigenvalue weighted by Crippen LogP contribution is -2.39. The highest BCUT2D eigenvalue weighted by atomic mass is 31.2. The Labute approximate surface area is 323 Å². The standard InChI is InChI=1S/C40H49N6O8P/c1-27(2)46(28(3)4)55(52-24-10-22-41)54-34-25-37(45-23-21-36(43-38(42)47)44-39(45)48)53-35(34)26-51-40(29-11-8-7-9-12-29,30-13-17-32(49-5)18-14-30)31-15-19-33(50-6)20-16-31/h7-9,11-21,23,27-28,34-35,37H,10,24-26H2,1-6H3,(H3,42,43,44,47,48)/t34-,35+,37+,55?/m0/s1. The van der Waals surface area contributed by atoms with E-state index >= 15 is 0 Å². The van der Waals surface area contributed by atoms with Gasteiger partial charge in [-0.3, -0.25) is 9.88 Å². The Morgan fingerprint density at radius 3 is 2.07 bits per heavy atom. The van der Waals surface area contributed by atoms with Crippen molar-refractivity contribution in [2.45, 2.75) is 76.7 Å². The second kappa shape index (κ2) is 19.1. The van der Waals surface area contributed by atoms with Crippen LogP contribution in [0.15, 0.2) is 95.9 Å². The molecule has 1 saturated heterocycles. The van der Waals surface area contributed by atoms with E-state index in [4.69, 9.17) is 33.7 Å². The van der Waals surface area contributed by atoms with Gasteiger partial charge in [-0.25, -0.2) is 14.3 Å². The minimum absolute atomic E-state index is 0.0162. The molecule has 0 spiro atoms. The quantitative estimate of drug-likeness (QED) is 0.0626. The Balaban J connectivity index is 1.59. The van der Waals surface area contributed by atoms with Crippen LogP contribution in [-0.2, 0) is 24.1 Å². The van der Waals surface area contributed by atoms with Gasteiger partial charge in [0.2, 0.25) is 0 Å². The molecule has 0 radical (unpaired) electrons. The van der Waals surface area contributed by atoms with Crippen LogP contribution in [0.25, 0.3) is 0 Å². The van der Waals surface area contributed by atoms with Gasteiger partial charge in [0.05, 0.1) is 46.0 Å². The fraction of sp³-hybridized carbons (Fsp3) is 0.400. The number of carbonyl (C=O) groups is 1. The molecule has 1 aromatic heterocycles. The number of carbonyl (C=O) groups excluding carboxylic acids is 1. The van der Waals surface area contributed by atoms with E-state index in [1.807, 2.05) is 78.9 Å². The molecule has 1 aliphatic heterocycles. The predicted octanol–water partition coefficient (Wildman–Crippen LogP) is 6.71. The van der Waals surface area contributed by atoms with Gasteiger partial charge >= 0.3 is 11.7 Å². The molecule has 15 heteroatoms. The number of anilines is 1. The number of hydrogen-bond donors (Lipinski definition) is 2. The van der Waals surface area contributed by atoms with Crippen molar-refractivity contribution in [3.63, 3.8) is 0 Å². The van der Waals surface area contributed by atoms with Crippen LogP contribution in [0.2, 0.25) is 0 Å². The summed E-state index contributed by atoms with van der Waals surface area (Å²) >= 11 is 0. The molecular formula is C40H49N6O8P. The van der Waals surface area contributed by atoms with Crippen LogP contribution in [-0.4, -0.2) is 72.0 Å². The molecular weight excluding hydrogens is 723 g/mol. The molecule has 0 bridgehead atoms. The normalized spacial score (nSPS) is 17.6. The Bertz CT molecular complexity index is 1880. The number of benzene rings is 3. The van der Waals surface area contributed by atoms with Crippen LogP contribution >= 0.6 is 8.53 Å². The maximum absolute atomic E-state index is 13.3. The van der Waals surface area contributed by atoms with Gasteiger partial charge in [-0.15, -0.1) is 0 Å². The first kappa shape index (κ1) is 41.3. The minimum Gasteiger partial charge on any atom is -0.497 e. The maximum Gasteiger partial charge on any atom is 0.351 e. The van der Waals surface area contributed by atoms with Gasteiger partial charge in [0, 0.05) is 24.7 Å². The number of hydrogen-bond acceptors (Lipinski definition) is 11. The Morgan fingerprint density at radius 2 is 1.56 bits per heavy atom. The van der Waals surface area contributed by atoms with Crippen LogP contribution in [0, 0.1) is 11.3 Å². The van der Waals surface area contributed by atoms with E-state index in [-0.39, 0.29) is 44.0 Å². The van der Waals surface area contributed by atoms with E-state index in [9.17, 15) is 14.9 Å². The molecule has 2 amide bonds. The van der Waals surface area contributed by atoms with Crippen LogP contribution in [0.4, 0.5) is 10.6 Å². The molecule has 2 heterocycles. The second-order valence-electron chi connectivity index (χ2n) is 13.4. The van der Waals surface area contributed by atoms with Crippen molar-refractivity contribution in [3.8, 4) is 17.6 Å². The van der Waals surface area contributed by atoms with Gasteiger partial charge in [0.15, 0.2) is 0 Å². The van der Waals surface area contributed by atoms with E-state index < -0.39 is 44.3 Å². The van der Waals surface area contributed by atoms with E-state index in [1.54, 1.807) is 14.2 Å². The van der Waals surface area contributed by atoms with Crippen LogP contribution in [0.3, 0.4) is 0 Å². The van der Waals surface area contributed by atoms with Crippen molar-refractivity contribution in [2.75, 3.05) is 32.8 Å². The highest BCUT2D eigenvalue weighted by molar-refractivity contribution is 7.44. The van der Waals surface area contributed by atoms with Crippen LogP contribution in [0.1, 0.15) is 63.5 Å². The average Bonchev–Trinajstić information content (AvgIpc) is 3.57. The molecule has 14 nitrogen and oxygen atoms in total. The summed E-state index contributed by atoms with van der Waals surface area (Å²) in [7, 11) is 1.55. The summed E-state index contributed by atoms with van der Waals surface area (Å²) < 4.78 is 41.6. The number of nitrogens with one attached hydrogen (secondary N) is 1. The third-order valence-corrected chi connectivity index (χ3v) is 11.3. The molecule has 1 unspecified atom stereocenters. The molecule has 1 aliphatic rings. The van der Waals surface area contributed by atoms with Crippen molar-refractivity contribution in [1.82, 2.24) is 14.2 Å². The van der Waals surface area contributed by atoms with E-state index in [1.165, 1.54) is 16.8 Å². The molecule has 0 saturated carbocycles. The zero-order valence-corrected chi connectivity index (χ0v) is 32.8. The summed E-state index contributed by atoms with van der Waals surface area (Å²) in [4.78, 5) is 28.7. The first-order chi connectivity index (χ1) is 26.5. The average molecular weight is 773 g/mol. The number of nitriles is 1. The lowest BCUT2D eigenvalue weighted by atomic mass is 9.80. The molecule has 55 heavy (non-hydrogen) atoms. The monoisotopic (exact) mass is 772 g/mol. The SMILES string of the molecule is COc1ccc(C(OC[C@H]2O[C@@H](n3ccc(NC(N)=O)nc3=O)C[C@@H]2OP(OCCC#N)N(C(C)C)C(C)C)(c2ccccc2)c2ccc(OC)cc2)cc1. The highest BCUT2D eigenvalue weighted by Gasteiger charge is 2.45. The molecule has 1 fully saturated rings. The number of urea groups is 1. The summed E-state index contributed by atoms with van der Waals surface area (Å²) in [5.41, 5.74) is 5.99. The fourth-order valence-corrected chi connectivity index (χ4v) is 8.41. The number of methoxy groups -OCH3 is 2. The number of nitrogens with zero attached hydrogens (tertiary/aromatic N) is 4. The summed E-state index contributed by atoms with van der Waals surface area (Å²) in [6, 6.07) is 28.2. The van der Waals surface area contributed by atoms with Gasteiger partial charge in [-0.2, -0.15) is 10.2 Å². The number of amides is 2. The van der Waals surface area contributed by atoms with Crippen molar-refractivity contribution < 1.29 is 32.8 Å². The lowest BCUT2D eigenvalue weighted by molar-refractivity contribution is -0.0925. The van der Waals surface area contributed by atoms with Crippen molar-refractivity contribution in [1.29, 1.82) is 5.26 Å². The maximum atomic E-state index is 13.3. The molecule has 4 aromatic rings. The predicted molar refractivity (Wildman–Crippen MR) is 209 cm³/mol. The smallest absolute Gasteiger partial charge is 0.351 e. The Kier molecular flexibility index (Phi) is 14.4. The van der Waals surface area contributed by atoms with Gasteiger partial charge < -0.3 is 33.7 Å². The number of rotatable bonds is 18. The molecule has 0 aliphatic carbocycles. The number of nitrogens with two attached hydrogens (primary N) is 1. The Hall–Kier alpha value is -4.87. The topological polar surface area (TPSA) is 172 Å². The van der Waals surface area contributed by atoms with Gasteiger partial charge in [-0.1, -0.05) is 54.6 Å². The van der Waals surface area contributed by atoms with Gasteiger partial charge in [-0.05, 0) is 74.7 Å². The zero-order valence-electron chi connectivity index (χ0n) is 32.0. The van der Waals surface area contributed by atoms with E-state index in [0.717, 1.165) is 16.7 Å². The fourth-order valence-electron chi connectivity index (χ4n) is 6.65. The van der Waals surface area contributed by atoms with Crippen LogP contribution < -0.4 is 26.2 Å². The molecule has 5 rings (SSSR count). The third kappa shape index (κ3) is 9.87. The second-order valence-corrected chi connectivity index (χ2v) is 14.8. The number of ether oxygens (including phenoxy) is 4. The summed E-state index contributed by atoms with van der Waals surface area (Å²) in [5.74, 6) is 1.40. The first-order valence-electron chi connectivity index (χ1n) is 18.0. The van der Waals surface area contributed by atoms with Gasteiger partial charge in [0.25, 0.3) is 8.53 Å². The minimum atomic E-state index is -1.69. The lowest BCUT2D eigenvalue weighted by Gasteiger charge is -2.39. The number of primary amides is 1. The molecule has 4 atom stereocenters. The first-order valence-corrected chi connectivity index (χ1v) is 19.2. The summed E-state index contributed by atoms with van der Waals surface area (Å²) in [6.45, 7) is 8.44. The molecule has 3 N–H and O–H groups in total. The molecule has 292 valence electrons. The largest absolute Gasteiger partial charge is 0.497 e. The van der Waals surface area contributed by atoms with E-state index in [0.29, 0.717) is 11.5 Å². The third-order valence-electron chi connectivity index (χ3n) is 9.10. The zero-order chi connectivity index (χ0) is 39.5. The summed E-state index contributed by atoms with van der Waals surface area (Å²) in [5, 5.41) is 11.6. The summed E-state index contributed by atoms with van der Waals surface area (Å²) in [6.07, 6.45) is -0.226. The Morgan fingerprint density at radius 1 is 0.982 bits per heavy atom.